The first-order valence-corrected chi connectivity index (χ1v) is 4.57. The van der Waals surface area contributed by atoms with Crippen molar-refractivity contribution < 1.29 is 5.11 Å². The van der Waals surface area contributed by atoms with Crippen LogP contribution in [0.4, 0.5) is 0 Å². The minimum Gasteiger partial charge on any atom is -0.392 e. The fourth-order valence-corrected chi connectivity index (χ4v) is 2.24. The number of rotatable bonds is 0. The third kappa shape index (κ3) is 1.33. The zero-order valence-corrected chi connectivity index (χ0v) is 7.86. The Balaban J connectivity index is 2.52. The van der Waals surface area contributed by atoms with Crippen LogP contribution in [0, 0.1) is 0 Å². The normalized spacial score (nSPS) is 21.1. The molecule has 2 rings (SSSR count). The monoisotopic (exact) mass is 202 g/mol. The average molecular weight is 203 g/mol. The van der Waals surface area contributed by atoms with E-state index in [1.807, 2.05) is 6.07 Å². The van der Waals surface area contributed by atoms with Gasteiger partial charge in [-0.3, -0.25) is 0 Å². The van der Waals surface area contributed by atoms with Gasteiger partial charge in [-0.25, -0.2) is 0 Å². The second-order valence-corrected chi connectivity index (χ2v) is 3.93. The minimum atomic E-state index is -0.282. The van der Waals surface area contributed by atoms with Crippen LogP contribution in [0.15, 0.2) is 12.1 Å². The molecule has 64 valence electrons. The molecule has 0 aliphatic heterocycles. The van der Waals surface area contributed by atoms with Crippen LogP contribution in [0.5, 0.6) is 0 Å². The first-order valence-electron chi connectivity index (χ1n) is 3.81. The van der Waals surface area contributed by atoms with Crippen molar-refractivity contribution in [3.8, 4) is 0 Å². The predicted octanol–water partition coefficient (Wildman–Crippen LogP) is 2.45. The van der Waals surface area contributed by atoms with Gasteiger partial charge in [-0.1, -0.05) is 23.2 Å². The van der Waals surface area contributed by atoms with Crippen LogP contribution in [0.3, 0.4) is 0 Å². The Hall–Kier alpha value is -0.240. The smallest absolute Gasteiger partial charge is 0.0621 e. The third-order valence-electron chi connectivity index (χ3n) is 2.15. The molecule has 0 spiro atoms. The van der Waals surface area contributed by atoms with Crippen molar-refractivity contribution in [2.45, 2.75) is 18.9 Å². The number of hydrogen-bond donors (Lipinski definition) is 1. The molecule has 0 saturated carbocycles. The molecule has 0 amide bonds. The molecule has 0 fully saturated rings. The van der Waals surface area contributed by atoms with Crippen LogP contribution in [0.25, 0.3) is 0 Å². The number of halogens is 2. The van der Waals surface area contributed by atoms with E-state index in [9.17, 15) is 5.11 Å². The van der Waals surface area contributed by atoms with Crippen molar-refractivity contribution in [1.29, 1.82) is 0 Å². The van der Waals surface area contributed by atoms with Gasteiger partial charge in [-0.15, -0.1) is 0 Å². The van der Waals surface area contributed by atoms with E-state index in [1.165, 1.54) is 0 Å². The van der Waals surface area contributed by atoms with E-state index in [0.717, 1.165) is 11.1 Å². The standard InChI is InChI=1S/C9H8Cl2O/c10-6-1-5-2-7(12)4-8(5)9(11)3-6/h1,3,7,12H,2,4H2/t7-/m0/s1. The zero-order valence-electron chi connectivity index (χ0n) is 6.35. The number of aliphatic hydroxyl groups excluding tert-OH is 1. The van der Waals surface area contributed by atoms with Gasteiger partial charge in [0.15, 0.2) is 0 Å². The molecule has 0 aromatic heterocycles. The van der Waals surface area contributed by atoms with Crippen LogP contribution < -0.4 is 0 Å². The van der Waals surface area contributed by atoms with Crippen molar-refractivity contribution in [3.05, 3.63) is 33.3 Å². The van der Waals surface area contributed by atoms with E-state index in [-0.39, 0.29) is 6.10 Å². The highest BCUT2D eigenvalue weighted by molar-refractivity contribution is 6.35. The van der Waals surface area contributed by atoms with Crippen LogP contribution in [-0.2, 0) is 12.8 Å². The number of fused-ring (bicyclic) bond motifs is 1. The Morgan fingerprint density at radius 3 is 2.75 bits per heavy atom. The molecule has 0 saturated heterocycles. The topological polar surface area (TPSA) is 20.2 Å². The van der Waals surface area contributed by atoms with Crippen molar-refractivity contribution in [3.63, 3.8) is 0 Å². The lowest BCUT2D eigenvalue weighted by atomic mass is 10.1. The Kier molecular flexibility index (Phi) is 2.03. The molecule has 3 heteroatoms. The summed E-state index contributed by atoms with van der Waals surface area (Å²) in [5.74, 6) is 0. The number of aliphatic hydroxyl groups is 1. The van der Waals surface area contributed by atoms with Crippen LogP contribution in [0.2, 0.25) is 10.0 Å². The lowest BCUT2D eigenvalue weighted by molar-refractivity contribution is 0.187. The fraction of sp³-hybridized carbons (Fsp3) is 0.333. The van der Waals surface area contributed by atoms with Gasteiger partial charge in [0.25, 0.3) is 0 Å². The predicted molar refractivity (Wildman–Crippen MR) is 49.9 cm³/mol. The molecule has 1 aromatic carbocycles. The third-order valence-corrected chi connectivity index (χ3v) is 2.70. The van der Waals surface area contributed by atoms with E-state index < -0.39 is 0 Å². The fourth-order valence-electron chi connectivity index (χ4n) is 1.63. The quantitative estimate of drug-likeness (QED) is 0.686. The van der Waals surface area contributed by atoms with Gasteiger partial charge in [0, 0.05) is 16.5 Å². The second-order valence-electron chi connectivity index (χ2n) is 3.09. The van der Waals surface area contributed by atoms with Crippen molar-refractivity contribution in [1.82, 2.24) is 0 Å². The van der Waals surface area contributed by atoms with Crippen molar-refractivity contribution >= 4 is 23.2 Å². The molecule has 1 nitrogen and oxygen atoms in total. The maximum absolute atomic E-state index is 9.36. The Morgan fingerprint density at radius 2 is 2.00 bits per heavy atom. The van der Waals surface area contributed by atoms with Crippen molar-refractivity contribution in [2.24, 2.45) is 0 Å². The van der Waals surface area contributed by atoms with Gasteiger partial charge in [0.05, 0.1) is 6.10 Å². The van der Waals surface area contributed by atoms with Crippen molar-refractivity contribution in [2.75, 3.05) is 0 Å². The van der Waals surface area contributed by atoms with Crippen LogP contribution in [0.1, 0.15) is 11.1 Å². The SMILES string of the molecule is O[C@H]1Cc2cc(Cl)cc(Cl)c2C1. The highest BCUT2D eigenvalue weighted by atomic mass is 35.5. The first-order chi connectivity index (χ1) is 5.66. The highest BCUT2D eigenvalue weighted by Crippen LogP contribution is 2.31. The van der Waals surface area contributed by atoms with Gasteiger partial charge < -0.3 is 5.11 Å². The maximum atomic E-state index is 9.36. The van der Waals surface area contributed by atoms with Gasteiger partial charge >= 0.3 is 0 Å². The molecule has 12 heavy (non-hydrogen) atoms. The van der Waals surface area contributed by atoms with Gasteiger partial charge in [0.1, 0.15) is 0 Å². The van der Waals surface area contributed by atoms with E-state index >= 15 is 0 Å². The summed E-state index contributed by atoms with van der Waals surface area (Å²) < 4.78 is 0. The number of hydrogen-bond acceptors (Lipinski definition) is 1. The van der Waals surface area contributed by atoms with E-state index in [4.69, 9.17) is 23.2 Å². The lowest BCUT2D eigenvalue weighted by Crippen LogP contribution is -2.03. The lowest BCUT2D eigenvalue weighted by Gasteiger charge is -2.01. The summed E-state index contributed by atoms with van der Waals surface area (Å²) in [5.41, 5.74) is 2.13. The molecule has 1 aromatic rings. The molecule has 1 aliphatic rings. The highest BCUT2D eigenvalue weighted by Gasteiger charge is 2.21. The van der Waals surface area contributed by atoms with Crippen LogP contribution in [-0.4, -0.2) is 11.2 Å². The maximum Gasteiger partial charge on any atom is 0.0621 e. The molecule has 0 heterocycles. The summed E-state index contributed by atoms with van der Waals surface area (Å²) in [6, 6.07) is 3.60. The largest absolute Gasteiger partial charge is 0.392 e. The van der Waals surface area contributed by atoms with E-state index in [2.05, 4.69) is 0 Å². The molecule has 0 unspecified atom stereocenters. The summed E-state index contributed by atoms with van der Waals surface area (Å²) in [6.45, 7) is 0. The minimum absolute atomic E-state index is 0.282. The molecule has 1 aliphatic carbocycles. The van der Waals surface area contributed by atoms with Gasteiger partial charge in [0.2, 0.25) is 0 Å². The van der Waals surface area contributed by atoms with E-state index in [0.29, 0.717) is 22.9 Å². The molecule has 0 bridgehead atoms. The summed E-state index contributed by atoms with van der Waals surface area (Å²) in [7, 11) is 0. The summed E-state index contributed by atoms with van der Waals surface area (Å²) >= 11 is 11.8. The molecular weight excluding hydrogens is 195 g/mol. The second kappa shape index (κ2) is 2.91. The van der Waals surface area contributed by atoms with Crippen LogP contribution >= 0.6 is 23.2 Å². The Bertz CT molecular complexity index is 323. The van der Waals surface area contributed by atoms with E-state index in [1.54, 1.807) is 6.07 Å². The summed E-state index contributed by atoms with van der Waals surface area (Å²) in [6.07, 6.45) is 1.05. The number of benzene rings is 1. The Morgan fingerprint density at radius 1 is 1.25 bits per heavy atom. The summed E-state index contributed by atoms with van der Waals surface area (Å²) in [5, 5.41) is 10.7. The first kappa shape index (κ1) is 8.36. The molecule has 1 atom stereocenters. The summed E-state index contributed by atoms with van der Waals surface area (Å²) in [4.78, 5) is 0. The average Bonchev–Trinajstić information content (AvgIpc) is 2.29. The molecule has 1 N–H and O–H groups in total. The zero-order chi connectivity index (χ0) is 8.72. The molecular formula is C9H8Cl2O. The Labute approximate surface area is 80.9 Å². The molecule has 0 radical (unpaired) electrons. The van der Waals surface area contributed by atoms with Gasteiger partial charge in [-0.2, -0.15) is 0 Å². The van der Waals surface area contributed by atoms with Gasteiger partial charge in [-0.05, 0) is 29.7 Å².